The van der Waals surface area contributed by atoms with Gasteiger partial charge in [-0.05, 0) is 35.7 Å². The molecule has 2 heterocycles. The molecular formula is C17H18ClN3O2S. The first-order chi connectivity index (χ1) is 11.6. The maximum Gasteiger partial charge on any atom is 0.305 e. The van der Waals surface area contributed by atoms with Gasteiger partial charge < -0.3 is 9.64 Å². The van der Waals surface area contributed by atoms with E-state index < -0.39 is 0 Å². The lowest BCUT2D eigenvalue weighted by Crippen LogP contribution is -2.13. The third kappa shape index (κ3) is 3.65. The fourth-order valence-electron chi connectivity index (χ4n) is 2.61. The molecule has 0 N–H and O–H groups in total. The summed E-state index contributed by atoms with van der Waals surface area (Å²) in [5.41, 5.74) is 3.13. The maximum absolute atomic E-state index is 11.2. The monoisotopic (exact) mass is 363 g/mol. The Kier molecular flexibility index (Phi) is 5.26. The van der Waals surface area contributed by atoms with Crippen molar-refractivity contribution in [1.82, 2.24) is 9.97 Å². The Morgan fingerprint density at radius 1 is 1.33 bits per heavy atom. The van der Waals surface area contributed by atoms with Crippen LogP contribution in [0.2, 0.25) is 5.28 Å². The Bertz CT molecular complexity index is 752. The molecule has 126 valence electrons. The topological polar surface area (TPSA) is 55.3 Å². The lowest BCUT2D eigenvalue weighted by Gasteiger charge is -2.21. The first kappa shape index (κ1) is 17.0. The van der Waals surface area contributed by atoms with Crippen LogP contribution in [0.4, 0.5) is 11.5 Å². The minimum Gasteiger partial charge on any atom is -0.469 e. The molecular weight excluding hydrogens is 346 g/mol. The molecule has 1 aromatic carbocycles. The molecule has 0 fully saturated rings. The van der Waals surface area contributed by atoms with Gasteiger partial charge in [-0.1, -0.05) is 12.1 Å². The standard InChI is InChI=1S/C17H18ClN3O2S/c1-21(16-15-13(9-10-24-15)19-17(18)20-16)12-6-3-11(4-7-12)5-8-14(22)23-2/h3-4,6-7H,5,8-10H2,1-2H3. The molecule has 24 heavy (non-hydrogen) atoms. The van der Waals surface area contributed by atoms with Crippen molar-refractivity contribution in [2.24, 2.45) is 0 Å². The Hall–Kier alpha value is -1.79. The van der Waals surface area contributed by atoms with E-state index in [1.165, 1.54) is 7.11 Å². The van der Waals surface area contributed by atoms with E-state index in [1.807, 2.05) is 36.2 Å². The summed E-state index contributed by atoms with van der Waals surface area (Å²) < 4.78 is 4.67. The highest BCUT2D eigenvalue weighted by Crippen LogP contribution is 2.39. The number of nitrogens with zero attached hydrogens (tertiary/aromatic N) is 3. The van der Waals surface area contributed by atoms with E-state index in [4.69, 9.17) is 11.6 Å². The highest BCUT2D eigenvalue weighted by atomic mass is 35.5. The number of aromatic nitrogens is 2. The van der Waals surface area contributed by atoms with E-state index in [1.54, 1.807) is 11.8 Å². The van der Waals surface area contributed by atoms with Gasteiger partial charge in [0.25, 0.3) is 0 Å². The normalized spacial score (nSPS) is 12.8. The number of benzene rings is 1. The molecule has 0 radical (unpaired) electrons. The van der Waals surface area contributed by atoms with Gasteiger partial charge in [0.15, 0.2) is 5.82 Å². The number of carbonyl (C=O) groups is 1. The zero-order chi connectivity index (χ0) is 17.1. The summed E-state index contributed by atoms with van der Waals surface area (Å²) in [6, 6.07) is 8.08. The molecule has 0 saturated carbocycles. The molecule has 5 nitrogen and oxygen atoms in total. The number of ether oxygens (including phenoxy) is 1. The van der Waals surface area contributed by atoms with Crippen molar-refractivity contribution in [2.75, 3.05) is 24.8 Å². The van der Waals surface area contributed by atoms with Gasteiger partial charge in [-0.2, -0.15) is 4.98 Å². The molecule has 0 amide bonds. The van der Waals surface area contributed by atoms with Crippen LogP contribution in [-0.4, -0.2) is 35.8 Å². The molecule has 7 heteroatoms. The molecule has 2 aromatic rings. The van der Waals surface area contributed by atoms with E-state index in [9.17, 15) is 4.79 Å². The number of hydrogen-bond donors (Lipinski definition) is 0. The predicted molar refractivity (Wildman–Crippen MR) is 96.3 cm³/mol. The number of rotatable bonds is 5. The van der Waals surface area contributed by atoms with Crippen molar-refractivity contribution < 1.29 is 9.53 Å². The van der Waals surface area contributed by atoms with Crippen LogP contribution in [0.15, 0.2) is 29.2 Å². The van der Waals surface area contributed by atoms with Crippen LogP contribution < -0.4 is 4.90 Å². The molecule has 1 aromatic heterocycles. The van der Waals surface area contributed by atoms with E-state index >= 15 is 0 Å². The molecule has 1 aliphatic heterocycles. The Labute approximate surface area is 150 Å². The number of hydrogen-bond acceptors (Lipinski definition) is 6. The van der Waals surface area contributed by atoms with E-state index in [0.717, 1.165) is 39.8 Å². The highest BCUT2D eigenvalue weighted by Gasteiger charge is 2.22. The number of halogens is 1. The molecule has 3 rings (SSSR count). The molecule has 0 bridgehead atoms. The number of aryl methyl sites for hydroxylation is 2. The third-order valence-corrected chi connectivity index (χ3v) is 5.25. The fourth-order valence-corrected chi connectivity index (χ4v) is 3.91. The number of carbonyl (C=O) groups excluding carboxylic acids is 1. The average molecular weight is 364 g/mol. The van der Waals surface area contributed by atoms with Crippen LogP contribution in [0.1, 0.15) is 17.7 Å². The molecule has 0 atom stereocenters. The average Bonchev–Trinajstić information content (AvgIpc) is 3.07. The summed E-state index contributed by atoms with van der Waals surface area (Å²) in [5, 5.41) is 0.285. The van der Waals surface area contributed by atoms with Crippen molar-refractivity contribution in [3.8, 4) is 0 Å². The number of anilines is 2. The lowest BCUT2D eigenvalue weighted by molar-refractivity contribution is -0.140. The second kappa shape index (κ2) is 7.40. The van der Waals surface area contributed by atoms with Crippen LogP contribution in [-0.2, 0) is 22.4 Å². The van der Waals surface area contributed by atoms with E-state index in [2.05, 4.69) is 14.7 Å². The zero-order valence-electron chi connectivity index (χ0n) is 13.6. The van der Waals surface area contributed by atoms with Gasteiger partial charge in [0, 0.05) is 31.3 Å². The van der Waals surface area contributed by atoms with Crippen molar-refractivity contribution in [1.29, 1.82) is 0 Å². The minimum absolute atomic E-state index is 0.195. The quantitative estimate of drug-likeness (QED) is 0.597. The van der Waals surface area contributed by atoms with Crippen LogP contribution in [0.5, 0.6) is 0 Å². The van der Waals surface area contributed by atoms with Crippen molar-refractivity contribution in [2.45, 2.75) is 24.2 Å². The first-order valence-electron chi connectivity index (χ1n) is 7.67. The maximum atomic E-state index is 11.2. The van der Waals surface area contributed by atoms with Gasteiger partial charge in [0.2, 0.25) is 5.28 Å². The zero-order valence-corrected chi connectivity index (χ0v) is 15.2. The number of methoxy groups -OCH3 is 1. The number of thioether (sulfide) groups is 1. The predicted octanol–water partition coefficient (Wildman–Crippen LogP) is 3.65. The number of esters is 1. The molecule has 1 aliphatic rings. The fraction of sp³-hybridized carbons (Fsp3) is 0.353. The SMILES string of the molecule is COC(=O)CCc1ccc(N(C)c2nc(Cl)nc3c2SCC3)cc1. The second-order valence-corrected chi connectivity index (χ2v) is 6.94. The van der Waals surface area contributed by atoms with Gasteiger partial charge in [0.05, 0.1) is 17.7 Å². The van der Waals surface area contributed by atoms with Crippen LogP contribution >= 0.6 is 23.4 Å². The molecule has 0 aliphatic carbocycles. The van der Waals surface area contributed by atoms with Crippen LogP contribution in [0.3, 0.4) is 0 Å². The molecule has 0 spiro atoms. The first-order valence-corrected chi connectivity index (χ1v) is 9.03. The third-order valence-electron chi connectivity index (χ3n) is 3.96. The van der Waals surface area contributed by atoms with Crippen molar-refractivity contribution >= 4 is 40.8 Å². The Morgan fingerprint density at radius 2 is 2.08 bits per heavy atom. The summed E-state index contributed by atoms with van der Waals surface area (Å²) in [6.07, 6.45) is 1.98. The van der Waals surface area contributed by atoms with E-state index in [0.29, 0.717) is 12.8 Å². The minimum atomic E-state index is -0.195. The Balaban J connectivity index is 1.79. The van der Waals surface area contributed by atoms with Gasteiger partial charge in [-0.3, -0.25) is 4.79 Å². The van der Waals surface area contributed by atoms with Crippen LogP contribution in [0.25, 0.3) is 0 Å². The van der Waals surface area contributed by atoms with Gasteiger partial charge >= 0.3 is 5.97 Å². The number of fused-ring (bicyclic) bond motifs is 1. The summed E-state index contributed by atoms with van der Waals surface area (Å²) in [4.78, 5) is 23.1. The Morgan fingerprint density at radius 3 is 2.79 bits per heavy atom. The van der Waals surface area contributed by atoms with E-state index in [-0.39, 0.29) is 11.3 Å². The highest BCUT2D eigenvalue weighted by molar-refractivity contribution is 7.99. The van der Waals surface area contributed by atoms with Gasteiger partial charge in [-0.15, -0.1) is 11.8 Å². The molecule has 0 saturated heterocycles. The smallest absolute Gasteiger partial charge is 0.305 e. The molecule has 0 unspecified atom stereocenters. The van der Waals surface area contributed by atoms with Crippen LogP contribution in [0, 0.1) is 0 Å². The van der Waals surface area contributed by atoms with Gasteiger partial charge in [-0.25, -0.2) is 4.98 Å². The van der Waals surface area contributed by atoms with Gasteiger partial charge in [0.1, 0.15) is 0 Å². The largest absolute Gasteiger partial charge is 0.469 e. The summed E-state index contributed by atoms with van der Waals surface area (Å²) in [6.45, 7) is 0. The van der Waals surface area contributed by atoms with Crippen molar-refractivity contribution in [3.63, 3.8) is 0 Å². The lowest BCUT2D eigenvalue weighted by atomic mass is 10.1. The summed E-state index contributed by atoms with van der Waals surface area (Å²) in [7, 11) is 3.38. The summed E-state index contributed by atoms with van der Waals surface area (Å²) in [5.74, 6) is 1.66. The second-order valence-electron chi connectivity index (χ2n) is 5.49. The summed E-state index contributed by atoms with van der Waals surface area (Å²) >= 11 is 7.83. The van der Waals surface area contributed by atoms with Crippen molar-refractivity contribution in [3.05, 3.63) is 40.8 Å².